The van der Waals surface area contributed by atoms with Crippen LogP contribution in [0, 0.1) is 0 Å². The second kappa shape index (κ2) is 11.9. The van der Waals surface area contributed by atoms with Crippen molar-refractivity contribution < 1.29 is 9.47 Å². The number of ether oxygens (including phenoxy) is 2. The molecule has 0 radical (unpaired) electrons. The van der Waals surface area contributed by atoms with Gasteiger partial charge in [-0.15, -0.1) is 0 Å². The van der Waals surface area contributed by atoms with Crippen LogP contribution >= 0.6 is 0 Å². The molecular weight excluding hydrogens is 637 g/mol. The molecule has 11 rings (SSSR count). The Morgan fingerprint density at radius 3 is 1.73 bits per heavy atom. The Kier molecular flexibility index (Phi) is 6.89. The van der Waals surface area contributed by atoms with E-state index in [-0.39, 0.29) is 12.2 Å². The van der Waals surface area contributed by atoms with E-state index < -0.39 is 0 Å². The van der Waals surface area contributed by atoms with Crippen LogP contribution in [-0.4, -0.2) is 22.3 Å². The van der Waals surface area contributed by atoms with Crippen LogP contribution in [0.15, 0.2) is 140 Å². The lowest BCUT2D eigenvalue weighted by molar-refractivity contribution is -0.0528. The van der Waals surface area contributed by atoms with Crippen molar-refractivity contribution in [3.05, 3.63) is 162 Å². The summed E-state index contributed by atoms with van der Waals surface area (Å²) in [6, 6.07) is 49.6. The number of hydrogen-bond donors (Lipinski definition) is 0. The van der Waals surface area contributed by atoms with Crippen LogP contribution in [0.2, 0.25) is 0 Å². The summed E-state index contributed by atoms with van der Waals surface area (Å²) in [5.74, 6) is 0. The highest BCUT2D eigenvalue weighted by Crippen LogP contribution is 2.40. The Morgan fingerprint density at radius 1 is 0.481 bits per heavy atom. The van der Waals surface area contributed by atoms with Crippen molar-refractivity contribution in [3.63, 3.8) is 0 Å². The first-order valence-electron chi connectivity index (χ1n) is 18.7. The Hall–Kier alpha value is -5.68. The number of para-hydroxylation sites is 1. The average Bonchev–Trinajstić information content (AvgIpc) is 3.66. The normalized spacial score (nSPS) is 18.1. The molecule has 2 atom stereocenters. The molecular formula is C48H38N2O2. The van der Waals surface area contributed by atoms with Crippen molar-refractivity contribution in [2.24, 2.45) is 0 Å². The standard InChI is InChI=1S/C48H38N2O2/c1-3-16-43-39(14-1)41-29-33(18-20-45(41)49(43)37-12-6-10-35(27-37)47-22-24-51-47)31-8-5-9-32(26-31)34-19-21-46-42(30-34)40-15-2-4-17-44(40)50(46)38-13-7-11-36(28-38)48-23-25-52-48/h1-3,5-16,18-21,26-30,47-48H,4,17,22-25H2. The lowest BCUT2D eigenvalue weighted by atomic mass is 9.96. The smallest absolute Gasteiger partial charge is 0.0847 e. The van der Waals surface area contributed by atoms with Gasteiger partial charge in [-0.05, 0) is 107 Å². The molecule has 52 heavy (non-hydrogen) atoms. The predicted octanol–water partition coefficient (Wildman–Crippen LogP) is 11.9. The molecule has 1 aliphatic carbocycles. The minimum Gasteiger partial charge on any atom is -0.373 e. The van der Waals surface area contributed by atoms with Gasteiger partial charge in [0, 0.05) is 51.6 Å². The molecule has 2 aliphatic heterocycles. The van der Waals surface area contributed by atoms with Gasteiger partial charge in [0.05, 0.1) is 42.0 Å². The molecule has 6 aromatic carbocycles. The fourth-order valence-electron chi connectivity index (χ4n) is 8.73. The van der Waals surface area contributed by atoms with Crippen molar-refractivity contribution in [2.75, 3.05) is 13.2 Å². The summed E-state index contributed by atoms with van der Waals surface area (Å²) in [4.78, 5) is 0. The van der Waals surface area contributed by atoms with E-state index in [9.17, 15) is 0 Å². The maximum Gasteiger partial charge on any atom is 0.0847 e. The lowest BCUT2D eigenvalue weighted by Gasteiger charge is -2.27. The summed E-state index contributed by atoms with van der Waals surface area (Å²) < 4.78 is 16.6. The number of rotatable bonds is 6. The zero-order valence-corrected chi connectivity index (χ0v) is 29.0. The summed E-state index contributed by atoms with van der Waals surface area (Å²) in [7, 11) is 0. The third-order valence-electron chi connectivity index (χ3n) is 11.5. The van der Waals surface area contributed by atoms with Crippen LogP contribution < -0.4 is 0 Å². The number of nitrogens with zero attached hydrogens (tertiary/aromatic N) is 2. The van der Waals surface area contributed by atoms with Crippen LogP contribution in [0.1, 0.15) is 53.9 Å². The van der Waals surface area contributed by atoms with Gasteiger partial charge >= 0.3 is 0 Å². The Labute approximate surface area is 303 Å². The lowest BCUT2D eigenvalue weighted by Crippen LogP contribution is -2.18. The van der Waals surface area contributed by atoms with Gasteiger partial charge < -0.3 is 18.6 Å². The summed E-state index contributed by atoms with van der Waals surface area (Å²) in [5, 5.41) is 3.83. The van der Waals surface area contributed by atoms with Crippen LogP contribution in [0.5, 0.6) is 0 Å². The van der Waals surface area contributed by atoms with E-state index in [2.05, 4.69) is 155 Å². The Morgan fingerprint density at radius 2 is 1.06 bits per heavy atom. The van der Waals surface area contributed by atoms with E-state index in [0.717, 1.165) is 38.9 Å². The van der Waals surface area contributed by atoms with Gasteiger partial charge in [0.2, 0.25) is 0 Å². The van der Waals surface area contributed by atoms with Crippen molar-refractivity contribution in [1.29, 1.82) is 0 Å². The van der Waals surface area contributed by atoms with Crippen molar-refractivity contribution in [3.8, 4) is 33.6 Å². The zero-order chi connectivity index (χ0) is 34.2. The number of benzene rings is 6. The maximum absolute atomic E-state index is 5.85. The quantitative estimate of drug-likeness (QED) is 0.176. The molecule has 0 bridgehead atoms. The highest BCUT2D eigenvalue weighted by molar-refractivity contribution is 6.10. The van der Waals surface area contributed by atoms with Crippen molar-refractivity contribution in [2.45, 2.75) is 37.9 Å². The third-order valence-corrected chi connectivity index (χ3v) is 11.5. The monoisotopic (exact) mass is 674 g/mol. The molecule has 2 unspecified atom stereocenters. The Bertz CT molecular complexity index is 2720. The molecule has 0 N–H and O–H groups in total. The Balaban J connectivity index is 0.995. The molecule has 2 fully saturated rings. The minimum atomic E-state index is 0.207. The predicted molar refractivity (Wildman–Crippen MR) is 212 cm³/mol. The molecule has 0 saturated carbocycles. The van der Waals surface area contributed by atoms with Crippen LogP contribution in [0.3, 0.4) is 0 Å². The van der Waals surface area contributed by atoms with E-state index in [1.54, 1.807) is 0 Å². The fraction of sp³-hybridized carbons (Fsp3) is 0.167. The molecule has 8 aromatic rings. The summed E-state index contributed by atoms with van der Waals surface area (Å²) in [6.07, 6.45) is 9.37. The average molecular weight is 675 g/mol. The van der Waals surface area contributed by atoms with E-state index in [4.69, 9.17) is 9.47 Å². The molecule has 2 saturated heterocycles. The fourth-order valence-corrected chi connectivity index (χ4v) is 8.73. The van der Waals surface area contributed by atoms with Gasteiger partial charge in [0.25, 0.3) is 0 Å². The topological polar surface area (TPSA) is 28.3 Å². The van der Waals surface area contributed by atoms with Crippen molar-refractivity contribution in [1.82, 2.24) is 9.13 Å². The third kappa shape index (κ3) is 4.75. The van der Waals surface area contributed by atoms with E-state index in [0.29, 0.717) is 0 Å². The second-order valence-electron chi connectivity index (χ2n) is 14.5. The number of fused-ring (bicyclic) bond motifs is 6. The van der Waals surface area contributed by atoms with Gasteiger partial charge in [-0.25, -0.2) is 0 Å². The molecule has 0 spiro atoms. The van der Waals surface area contributed by atoms with E-state index in [1.165, 1.54) is 88.7 Å². The zero-order valence-electron chi connectivity index (χ0n) is 29.0. The molecule has 3 aliphatic rings. The summed E-state index contributed by atoms with van der Waals surface area (Å²) in [5.41, 5.74) is 16.3. The number of allylic oxidation sites excluding steroid dienone is 1. The molecule has 2 aromatic heterocycles. The molecule has 0 amide bonds. The first-order valence-corrected chi connectivity index (χ1v) is 18.7. The summed E-state index contributed by atoms with van der Waals surface area (Å²) >= 11 is 0. The van der Waals surface area contributed by atoms with Crippen LogP contribution in [-0.2, 0) is 15.9 Å². The first-order chi connectivity index (χ1) is 25.8. The van der Waals surface area contributed by atoms with Crippen LogP contribution in [0.4, 0.5) is 0 Å². The van der Waals surface area contributed by atoms with E-state index in [1.807, 2.05) is 0 Å². The molecule has 4 heteroatoms. The number of hydrogen-bond acceptors (Lipinski definition) is 2. The van der Waals surface area contributed by atoms with Gasteiger partial charge in [-0.3, -0.25) is 0 Å². The molecule has 4 nitrogen and oxygen atoms in total. The highest BCUT2D eigenvalue weighted by atomic mass is 16.5. The van der Waals surface area contributed by atoms with Gasteiger partial charge in [-0.1, -0.05) is 84.9 Å². The van der Waals surface area contributed by atoms with Crippen LogP contribution in [0.25, 0.3) is 72.4 Å². The molecule has 4 heterocycles. The second-order valence-corrected chi connectivity index (χ2v) is 14.5. The van der Waals surface area contributed by atoms with Crippen molar-refractivity contribution >= 4 is 38.8 Å². The van der Waals surface area contributed by atoms with Gasteiger partial charge in [0.1, 0.15) is 0 Å². The van der Waals surface area contributed by atoms with Gasteiger partial charge in [0.15, 0.2) is 0 Å². The maximum atomic E-state index is 5.85. The minimum absolute atomic E-state index is 0.207. The van der Waals surface area contributed by atoms with Gasteiger partial charge in [-0.2, -0.15) is 0 Å². The first kappa shape index (κ1) is 30.0. The largest absolute Gasteiger partial charge is 0.373 e. The highest BCUT2D eigenvalue weighted by Gasteiger charge is 2.24. The SMILES string of the molecule is C1=Cc2c(n(-c3cccc(C4CCO4)c3)c3ccc(-c4cccc(-c5ccc6c(c5)c5ccccc5n6-c5cccc(C6CCO6)c5)c4)cc23)CC1. The summed E-state index contributed by atoms with van der Waals surface area (Å²) in [6.45, 7) is 1.71. The number of aromatic nitrogens is 2. The van der Waals surface area contributed by atoms with E-state index >= 15 is 0 Å². The molecule has 252 valence electrons.